The van der Waals surface area contributed by atoms with E-state index in [1.54, 1.807) is 25.3 Å². The molecular formula is C12H11ClO2S. The second-order valence-corrected chi connectivity index (χ2v) is 4.66. The fourth-order valence-electron chi connectivity index (χ4n) is 1.55. The van der Waals surface area contributed by atoms with E-state index in [4.69, 9.17) is 16.3 Å². The van der Waals surface area contributed by atoms with E-state index < -0.39 is 6.10 Å². The Morgan fingerprint density at radius 2 is 2.12 bits per heavy atom. The zero-order chi connectivity index (χ0) is 11.5. The largest absolute Gasteiger partial charge is 0.496 e. The van der Waals surface area contributed by atoms with Gasteiger partial charge in [-0.2, -0.15) is 0 Å². The quantitative estimate of drug-likeness (QED) is 0.909. The molecule has 84 valence electrons. The molecule has 1 heterocycles. The summed E-state index contributed by atoms with van der Waals surface area (Å²) in [6.45, 7) is 0. The molecule has 0 fully saturated rings. The van der Waals surface area contributed by atoms with Crippen LogP contribution in [0.4, 0.5) is 0 Å². The van der Waals surface area contributed by atoms with Crippen molar-refractivity contribution in [3.05, 3.63) is 51.2 Å². The minimum absolute atomic E-state index is 0.514. The van der Waals surface area contributed by atoms with Crippen molar-refractivity contribution >= 4 is 22.9 Å². The molecule has 16 heavy (non-hydrogen) atoms. The maximum atomic E-state index is 10.2. The molecule has 2 aromatic rings. The second kappa shape index (κ2) is 4.87. The Hall–Kier alpha value is -1.03. The third-order valence-corrected chi connectivity index (χ3v) is 3.57. The van der Waals surface area contributed by atoms with Gasteiger partial charge in [0.15, 0.2) is 0 Å². The van der Waals surface area contributed by atoms with Crippen molar-refractivity contribution in [1.82, 2.24) is 0 Å². The predicted molar refractivity (Wildman–Crippen MR) is 66.4 cm³/mol. The van der Waals surface area contributed by atoms with Crippen LogP contribution in [0.15, 0.2) is 35.7 Å². The minimum Gasteiger partial charge on any atom is -0.496 e. The molecule has 0 aliphatic carbocycles. The summed E-state index contributed by atoms with van der Waals surface area (Å²) in [4.78, 5) is 0.853. The first-order valence-electron chi connectivity index (χ1n) is 4.78. The first kappa shape index (κ1) is 11.5. The van der Waals surface area contributed by atoms with Gasteiger partial charge in [0, 0.05) is 10.4 Å². The lowest BCUT2D eigenvalue weighted by Crippen LogP contribution is -2.01. The first-order chi connectivity index (χ1) is 7.74. The molecule has 1 unspecified atom stereocenters. The van der Waals surface area contributed by atoms with E-state index in [-0.39, 0.29) is 0 Å². The first-order valence-corrected chi connectivity index (χ1v) is 6.03. The Morgan fingerprint density at radius 3 is 2.75 bits per heavy atom. The van der Waals surface area contributed by atoms with Crippen molar-refractivity contribution in [3.63, 3.8) is 0 Å². The molecule has 1 aromatic heterocycles. The van der Waals surface area contributed by atoms with Gasteiger partial charge in [0.25, 0.3) is 0 Å². The van der Waals surface area contributed by atoms with Gasteiger partial charge >= 0.3 is 0 Å². The molecule has 0 amide bonds. The smallest absolute Gasteiger partial charge is 0.126 e. The molecule has 2 nitrogen and oxygen atoms in total. The predicted octanol–water partition coefficient (Wildman–Crippen LogP) is 3.49. The van der Waals surface area contributed by atoms with Crippen LogP contribution in [0.3, 0.4) is 0 Å². The number of methoxy groups -OCH3 is 1. The summed E-state index contributed by atoms with van der Waals surface area (Å²) in [7, 11) is 1.57. The Labute approximate surface area is 103 Å². The van der Waals surface area contributed by atoms with Gasteiger partial charge in [-0.25, -0.2) is 0 Å². The molecule has 2 rings (SSSR count). The Balaban J connectivity index is 2.47. The van der Waals surface area contributed by atoms with Gasteiger partial charge in [-0.3, -0.25) is 0 Å². The van der Waals surface area contributed by atoms with Gasteiger partial charge in [0.2, 0.25) is 0 Å². The van der Waals surface area contributed by atoms with Gasteiger partial charge in [0.1, 0.15) is 11.9 Å². The van der Waals surface area contributed by atoms with Crippen LogP contribution in [0.5, 0.6) is 5.75 Å². The van der Waals surface area contributed by atoms with Crippen LogP contribution in [0.25, 0.3) is 0 Å². The minimum atomic E-state index is -0.733. The highest BCUT2D eigenvalue weighted by molar-refractivity contribution is 7.10. The van der Waals surface area contributed by atoms with Gasteiger partial charge in [-0.1, -0.05) is 23.7 Å². The summed E-state index contributed by atoms with van der Waals surface area (Å²) in [5, 5.41) is 12.7. The van der Waals surface area contributed by atoms with Gasteiger partial charge < -0.3 is 9.84 Å². The molecule has 0 aliphatic rings. The fraction of sp³-hybridized carbons (Fsp3) is 0.167. The highest BCUT2D eigenvalue weighted by Gasteiger charge is 2.19. The monoisotopic (exact) mass is 254 g/mol. The molecule has 0 saturated heterocycles. The van der Waals surface area contributed by atoms with Crippen LogP contribution < -0.4 is 4.74 Å². The van der Waals surface area contributed by atoms with E-state index in [2.05, 4.69) is 0 Å². The number of hydrogen-bond acceptors (Lipinski definition) is 3. The molecule has 1 aromatic carbocycles. The van der Waals surface area contributed by atoms with E-state index in [0.717, 1.165) is 4.88 Å². The van der Waals surface area contributed by atoms with Crippen LogP contribution in [0, 0.1) is 0 Å². The molecular weight excluding hydrogens is 244 g/mol. The average Bonchev–Trinajstić information content (AvgIpc) is 2.81. The lowest BCUT2D eigenvalue weighted by Gasteiger charge is -2.14. The molecule has 0 saturated carbocycles. The van der Waals surface area contributed by atoms with Crippen molar-refractivity contribution in [2.45, 2.75) is 6.10 Å². The van der Waals surface area contributed by atoms with Crippen molar-refractivity contribution < 1.29 is 9.84 Å². The zero-order valence-electron chi connectivity index (χ0n) is 8.68. The van der Waals surface area contributed by atoms with E-state index in [9.17, 15) is 5.11 Å². The summed E-state index contributed by atoms with van der Waals surface area (Å²) < 4.78 is 5.21. The molecule has 0 radical (unpaired) electrons. The lowest BCUT2D eigenvalue weighted by molar-refractivity contribution is 0.218. The van der Waals surface area contributed by atoms with Crippen molar-refractivity contribution in [2.75, 3.05) is 7.11 Å². The highest BCUT2D eigenvalue weighted by atomic mass is 35.5. The molecule has 1 N–H and O–H groups in total. The standard InChI is InChI=1S/C12H11ClO2S/c1-15-9-5-2-4-8(13)11(9)12(14)10-6-3-7-16-10/h2-7,12,14H,1H3. The average molecular weight is 255 g/mol. The van der Waals surface area contributed by atoms with Crippen LogP contribution in [-0.2, 0) is 0 Å². The lowest BCUT2D eigenvalue weighted by atomic mass is 10.1. The third kappa shape index (κ3) is 2.07. The SMILES string of the molecule is COc1cccc(Cl)c1C(O)c1cccs1. The van der Waals surface area contributed by atoms with E-state index in [1.165, 1.54) is 11.3 Å². The number of benzene rings is 1. The normalized spacial score (nSPS) is 12.4. The van der Waals surface area contributed by atoms with Gasteiger partial charge in [-0.05, 0) is 23.6 Å². The van der Waals surface area contributed by atoms with E-state index in [1.807, 2.05) is 17.5 Å². The van der Waals surface area contributed by atoms with E-state index in [0.29, 0.717) is 16.3 Å². The number of ether oxygens (including phenoxy) is 1. The maximum Gasteiger partial charge on any atom is 0.126 e. The number of rotatable bonds is 3. The number of hydrogen-bond donors (Lipinski definition) is 1. The topological polar surface area (TPSA) is 29.5 Å². The zero-order valence-corrected chi connectivity index (χ0v) is 10.3. The van der Waals surface area contributed by atoms with Crippen LogP contribution in [-0.4, -0.2) is 12.2 Å². The van der Waals surface area contributed by atoms with Crippen molar-refractivity contribution in [2.24, 2.45) is 0 Å². The second-order valence-electron chi connectivity index (χ2n) is 3.27. The highest BCUT2D eigenvalue weighted by Crippen LogP contribution is 2.36. The molecule has 0 spiro atoms. The van der Waals surface area contributed by atoms with Crippen LogP contribution in [0.2, 0.25) is 5.02 Å². The molecule has 4 heteroatoms. The summed E-state index contributed by atoms with van der Waals surface area (Å²) in [6, 6.07) is 9.10. The summed E-state index contributed by atoms with van der Waals surface area (Å²) in [6.07, 6.45) is -0.733. The van der Waals surface area contributed by atoms with Crippen molar-refractivity contribution in [3.8, 4) is 5.75 Å². The molecule has 0 bridgehead atoms. The molecule has 0 aliphatic heterocycles. The van der Waals surface area contributed by atoms with E-state index >= 15 is 0 Å². The summed E-state index contributed by atoms with van der Waals surface area (Å²) >= 11 is 7.57. The maximum absolute atomic E-state index is 10.2. The Morgan fingerprint density at radius 1 is 1.31 bits per heavy atom. The number of thiophene rings is 1. The molecule has 1 atom stereocenters. The summed E-state index contributed by atoms with van der Waals surface area (Å²) in [5.41, 5.74) is 0.620. The number of aliphatic hydroxyl groups is 1. The van der Waals surface area contributed by atoms with Crippen molar-refractivity contribution in [1.29, 1.82) is 0 Å². The third-order valence-electron chi connectivity index (χ3n) is 2.32. The summed E-state index contributed by atoms with van der Waals surface area (Å²) in [5.74, 6) is 0.605. The Kier molecular flexibility index (Phi) is 3.49. The Bertz CT molecular complexity index is 468. The van der Waals surface area contributed by atoms with Gasteiger partial charge in [-0.15, -0.1) is 11.3 Å². The fourth-order valence-corrected chi connectivity index (χ4v) is 2.54. The van der Waals surface area contributed by atoms with Crippen LogP contribution in [0.1, 0.15) is 16.5 Å². The number of halogens is 1. The van der Waals surface area contributed by atoms with Crippen LogP contribution >= 0.6 is 22.9 Å². The van der Waals surface area contributed by atoms with Gasteiger partial charge in [0.05, 0.1) is 12.1 Å². The number of aliphatic hydroxyl groups excluding tert-OH is 1.